The molecule has 98 valence electrons. The van der Waals surface area contributed by atoms with Crippen molar-refractivity contribution in [2.24, 2.45) is 5.84 Å². The van der Waals surface area contributed by atoms with Crippen LogP contribution in [-0.2, 0) is 6.61 Å². The highest BCUT2D eigenvalue weighted by atomic mass is 35.5. The third kappa shape index (κ3) is 3.43. The van der Waals surface area contributed by atoms with Gasteiger partial charge in [0.1, 0.15) is 12.4 Å². The van der Waals surface area contributed by atoms with E-state index >= 15 is 0 Å². The van der Waals surface area contributed by atoms with Crippen molar-refractivity contribution in [1.82, 2.24) is 10.4 Å². The van der Waals surface area contributed by atoms with Gasteiger partial charge in [0.05, 0.1) is 11.2 Å². The van der Waals surface area contributed by atoms with E-state index in [1.54, 1.807) is 30.5 Å². The van der Waals surface area contributed by atoms with Gasteiger partial charge in [-0.15, -0.1) is 0 Å². The Morgan fingerprint density at radius 3 is 2.89 bits per heavy atom. The summed E-state index contributed by atoms with van der Waals surface area (Å²) in [7, 11) is 0. The Hall–Kier alpha value is -2.11. The number of hydrazine groups is 1. The summed E-state index contributed by atoms with van der Waals surface area (Å²) in [6.07, 6.45) is 3.07. The van der Waals surface area contributed by atoms with E-state index in [2.05, 4.69) is 10.4 Å². The number of carbonyl (C=O) groups excluding carboxylic acids is 1. The first-order chi connectivity index (χ1) is 9.20. The lowest BCUT2D eigenvalue weighted by atomic mass is 10.1. The average Bonchev–Trinajstić information content (AvgIpc) is 2.45. The third-order valence-electron chi connectivity index (χ3n) is 2.47. The Morgan fingerprint density at radius 1 is 1.37 bits per heavy atom. The summed E-state index contributed by atoms with van der Waals surface area (Å²) in [6, 6.07) is 8.71. The van der Waals surface area contributed by atoms with Gasteiger partial charge in [-0.25, -0.2) is 5.84 Å². The van der Waals surface area contributed by atoms with Crippen LogP contribution in [0.2, 0.25) is 5.02 Å². The molecule has 0 spiro atoms. The number of hydrogen-bond acceptors (Lipinski definition) is 4. The number of nitrogen functional groups attached to an aromatic ring is 1. The van der Waals surface area contributed by atoms with Crippen LogP contribution in [0.1, 0.15) is 15.9 Å². The molecule has 0 saturated carbocycles. The second kappa shape index (κ2) is 6.17. The minimum atomic E-state index is -0.358. The predicted octanol–water partition coefficient (Wildman–Crippen LogP) is 1.92. The molecule has 0 fully saturated rings. The lowest BCUT2D eigenvalue weighted by Crippen LogP contribution is -2.30. The lowest BCUT2D eigenvalue weighted by molar-refractivity contribution is 0.0951. The van der Waals surface area contributed by atoms with Gasteiger partial charge in [-0.2, -0.15) is 0 Å². The minimum Gasteiger partial charge on any atom is -0.487 e. The van der Waals surface area contributed by atoms with E-state index in [-0.39, 0.29) is 12.5 Å². The quantitative estimate of drug-likeness (QED) is 0.508. The van der Waals surface area contributed by atoms with E-state index < -0.39 is 0 Å². The van der Waals surface area contributed by atoms with Gasteiger partial charge in [0, 0.05) is 23.4 Å². The number of carbonyl (C=O) groups is 1. The van der Waals surface area contributed by atoms with Gasteiger partial charge in [0.25, 0.3) is 5.91 Å². The molecule has 1 heterocycles. The number of rotatable bonds is 4. The van der Waals surface area contributed by atoms with Gasteiger partial charge in [0.15, 0.2) is 0 Å². The summed E-state index contributed by atoms with van der Waals surface area (Å²) < 4.78 is 5.54. The zero-order valence-corrected chi connectivity index (χ0v) is 10.7. The van der Waals surface area contributed by atoms with Crippen LogP contribution in [0.5, 0.6) is 5.75 Å². The van der Waals surface area contributed by atoms with Crippen molar-refractivity contribution in [3.63, 3.8) is 0 Å². The number of ether oxygens (including phenoxy) is 1. The van der Waals surface area contributed by atoms with Crippen molar-refractivity contribution in [3.8, 4) is 5.75 Å². The van der Waals surface area contributed by atoms with Gasteiger partial charge < -0.3 is 4.74 Å². The molecule has 0 unspecified atom stereocenters. The highest BCUT2D eigenvalue weighted by molar-refractivity contribution is 6.30. The molecule has 0 saturated heterocycles. The fourth-order valence-corrected chi connectivity index (χ4v) is 1.74. The molecular formula is C13H12ClN3O2. The van der Waals surface area contributed by atoms with Crippen LogP contribution in [-0.4, -0.2) is 10.9 Å². The van der Waals surface area contributed by atoms with E-state index in [4.69, 9.17) is 22.2 Å². The molecule has 0 aliphatic carbocycles. The molecule has 3 N–H and O–H groups in total. The van der Waals surface area contributed by atoms with Crippen LogP contribution >= 0.6 is 11.6 Å². The molecule has 0 aliphatic heterocycles. The Balaban J connectivity index is 2.13. The summed E-state index contributed by atoms with van der Waals surface area (Å²) in [6.45, 7) is 0.228. The van der Waals surface area contributed by atoms with Crippen LogP contribution in [0.15, 0.2) is 42.7 Å². The van der Waals surface area contributed by atoms with E-state index in [9.17, 15) is 4.79 Å². The number of aromatic nitrogens is 1. The summed E-state index contributed by atoms with van der Waals surface area (Å²) in [5, 5.41) is 0.491. The van der Waals surface area contributed by atoms with Crippen LogP contribution in [0.25, 0.3) is 0 Å². The number of nitrogens with two attached hydrogens (primary N) is 1. The maximum Gasteiger partial charge on any atom is 0.265 e. The molecule has 0 aliphatic rings. The summed E-state index contributed by atoms with van der Waals surface area (Å²) in [5.74, 6) is 5.31. The van der Waals surface area contributed by atoms with Crippen LogP contribution in [0.3, 0.4) is 0 Å². The normalized spacial score (nSPS) is 10.0. The topological polar surface area (TPSA) is 77.2 Å². The van der Waals surface area contributed by atoms with Gasteiger partial charge >= 0.3 is 0 Å². The number of pyridine rings is 1. The number of nitrogens with one attached hydrogen (secondary N) is 1. The molecule has 2 rings (SSSR count). The monoisotopic (exact) mass is 277 g/mol. The second-order valence-corrected chi connectivity index (χ2v) is 4.19. The molecule has 5 nitrogen and oxygen atoms in total. The molecule has 1 aromatic heterocycles. The van der Waals surface area contributed by atoms with Crippen molar-refractivity contribution in [3.05, 3.63) is 58.9 Å². The maximum atomic E-state index is 11.6. The fourth-order valence-electron chi connectivity index (χ4n) is 1.58. The maximum absolute atomic E-state index is 11.6. The number of halogens is 1. The summed E-state index contributed by atoms with van der Waals surface area (Å²) in [4.78, 5) is 15.5. The molecule has 2 aromatic rings. The highest BCUT2D eigenvalue weighted by Crippen LogP contribution is 2.17. The molecule has 1 aromatic carbocycles. The van der Waals surface area contributed by atoms with E-state index in [1.807, 2.05) is 6.07 Å². The molecule has 0 bridgehead atoms. The highest BCUT2D eigenvalue weighted by Gasteiger charge is 2.09. The smallest absolute Gasteiger partial charge is 0.265 e. The van der Waals surface area contributed by atoms with Crippen LogP contribution in [0, 0.1) is 0 Å². The Labute approximate surface area is 115 Å². The number of nitrogens with zero attached hydrogens (tertiary/aromatic N) is 1. The number of benzene rings is 1. The van der Waals surface area contributed by atoms with Crippen molar-refractivity contribution in [1.29, 1.82) is 0 Å². The molecule has 19 heavy (non-hydrogen) atoms. The van der Waals surface area contributed by atoms with Crippen molar-refractivity contribution in [2.75, 3.05) is 0 Å². The Kier molecular flexibility index (Phi) is 4.33. The van der Waals surface area contributed by atoms with Crippen LogP contribution in [0.4, 0.5) is 0 Å². The third-order valence-corrected chi connectivity index (χ3v) is 2.67. The van der Waals surface area contributed by atoms with Crippen molar-refractivity contribution >= 4 is 17.5 Å². The Morgan fingerprint density at radius 2 is 2.16 bits per heavy atom. The lowest BCUT2D eigenvalue weighted by Gasteiger charge is -2.09. The predicted molar refractivity (Wildman–Crippen MR) is 71.7 cm³/mol. The molecule has 6 heteroatoms. The van der Waals surface area contributed by atoms with Gasteiger partial charge in [0.2, 0.25) is 0 Å². The molecule has 0 radical (unpaired) electrons. The van der Waals surface area contributed by atoms with Crippen LogP contribution < -0.4 is 16.0 Å². The number of hydrogen-bond donors (Lipinski definition) is 2. The van der Waals surface area contributed by atoms with Gasteiger partial charge in [-0.05, 0) is 6.07 Å². The summed E-state index contributed by atoms with van der Waals surface area (Å²) in [5.41, 5.74) is 3.30. The van der Waals surface area contributed by atoms with Crippen molar-refractivity contribution < 1.29 is 9.53 Å². The summed E-state index contributed by atoms with van der Waals surface area (Å²) >= 11 is 5.81. The SMILES string of the molecule is NNC(=O)c1ccccc1COc1cncc(Cl)c1. The minimum absolute atomic E-state index is 0.228. The first kappa shape index (κ1) is 13.3. The van der Waals surface area contributed by atoms with E-state index in [0.717, 1.165) is 5.56 Å². The first-order valence-corrected chi connectivity index (χ1v) is 5.90. The molecule has 1 amide bonds. The zero-order chi connectivity index (χ0) is 13.7. The standard InChI is InChI=1S/C13H12ClN3O2/c14-10-5-11(7-16-6-10)19-8-9-3-1-2-4-12(9)13(18)17-15/h1-7H,8,15H2,(H,17,18). The fraction of sp³-hybridized carbons (Fsp3) is 0.0769. The first-order valence-electron chi connectivity index (χ1n) is 5.53. The largest absolute Gasteiger partial charge is 0.487 e. The average molecular weight is 278 g/mol. The van der Waals surface area contributed by atoms with E-state index in [1.165, 1.54) is 6.20 Å². The van der Waals surface area contributed by atoms with E-state index in [0.29, 0.717) is 16.3 Å². The number of amides is 1. The second-order valence-electron chi connectivity index (χ2n) is 3.76. The Bertz CT molecular complexity index is 590. The van der Waals surface area contributed by atoms with Gasteiger partial charge in [-0.1, -0.05) is 29.8 Å². The van der Waals surface area contributed by atoms with Crippen molar-refractivity contribution in [2.45, 2.75) is 6.61 Å². The molecular weight excluding hydrogens is 266 g/mol. The van der Waals surface area contributed by atoms with Gasteiger partial charge in [-0.3, -0.25) is 15.2 Å². The zero-order valence-electron chi connectivity index (χ0n) is 9.97. The molecule has 0 atom stereocenters.